The Morgan fingerprint density at radius 2 is 1.78 bits per heavy atom. The molecule has 1 heterocycles. The molecule has 0 aliphatic carbocycles. The topological polar surface area (TPSA) is 42.0 Å². The molecule has 0 spiro atoms. The maximum Gasteiger partial charge on any atom is 0.230 e. The highest BCUT2D eigenvalue weighted by atomic mass is 32.2. The van der Waals surface area contributed by atoms with Crippen LogP contribution in [0.4, 0.5) is 0 Å². The van der Waals surface area contributed by atoms with Gasteiger partial charge in [0.25, 0.3) is 0 Å². The van der Waals surface area contributed by atoms with E-state index in [1.807, 2.05) is 73.7 Å². The fraction of sp³-hybridized carbons (Fsp3) is 0.158. The predicted molar refractivity (Wildman–Crippen MR) is 95.5 cm³/mol. The Morgan fingerprint density at radius 3 is 2.61 bits per heavy atom. The molecule has 0 saturated carbocycles. The van der Waals surface area contributed by atoms with Crippen molar-refractivity contribution in [2.45, 2.75) is 18.0 Å². The lowest BCUT2D eigenvalue weighted by molar-refractivity contribution is -0.119. The van der Waals surface area contributed by atoms with Gasteiger partial charge in [0.2, 0.25) is 5.91 Å². The summed E-state index contributed by atoms with van der Waals surface area (Å²) in [5.41, 5.74) is 2.06. The third kappa shape index (κ3) is 4.11. The highest BCUT2D eigenvalue weighted by Gasteiger charge is 2.10. The Labute approximate surface area is 140 Å². The summed E-state index contributed by atoms with van der Waals surface area (Å²) in [6, 6.07) is 21.9. The molecule has 1 N–H and O–H groups in total. The van der Waals surface area contributed by atoms with Crippen LogP contribution in [0, 0.1) is 0 Å². The lowest BCUT2D eigenvalue weighted by atomic mass is 10.1. The smallest absolute Gasteiger partial charge is 0.230 e. The van der Waals surface area contributed by atoms with Crippen LogP contribution in [0.25, 0.3) is 10.9 Å². The van der Waals surface area contributed by atoms with Gasteiger partial charge >= 0.3 is 0 Å². The van der Waals surface area contributed by atoms with Gasteiger partial charge in [0, 0.05) is 5.39 Å². The number of benzene rings is 2. The average molecular weight is 322 g/mol. The number of amides is 1. The highest BCUT2D eigenvalue weighted by molar-refractivity contribution is 7.99. The van der Waals surface area contributed by atoms with Crippen LogP contribution in [-0.2, 0) is 4.79 Å². The van der Waals surface area contributed by atoms with Crippen molar-refractivity contribution in [3.63, 3.8) is 0 Å². The van der Waals surface area contributed by atoms with Gasteiger partial charge in [-0.2, -0.15) is 0 Å². The molecule has 1 atom stereocenters. The molecule has 3 aromatic rings. The summed E-state index contributed by atoms with van der Waals surface area (Å²) < 4.78 is 0. The molecule has 0 bridgehead atoms. The summed E-state index contributed by atoms with van der Waals surface area (Å²) in [6.45, 7) is 1.99. The van der Waals surface area contributed by atoms with E-state index in [0.29, 0.717) is 5.75 Å². The molecule has 1 amide bonds. The molecular formula is C19H18N2OS. The maximum atomic E-state index is 12.1. The van der Waals surface area contributed by atoms with Gasteiger partial charge in [-0.15, -0.1) is 0 Å². The van der Waals surface area contributed by atoms with E-state index in [1.54, 1.807) is 0 Å². The summed E-state index contributed by atoms with van der Waals surface area (Å²) in [5.74, 6) is 0.379. The molecule has 116 valence electrons. The fourth-order valence-electron chi connectivity index (χ4n) is 2.38. The van der Waals surface area contributed by atoms with E-state index in [1.165, 1.54) is 11.8 Å². The number of para-hydroxylation sites is 1. The van der Waals surface area contributed by atoms with Gasteiger partial charge in [-0.25, -0.2) is 4.98 Å². The summed E-state index contributed by atoms with van der Waals surface area (Å²) in [7, 11) is 0. The van der Waals surface area contributed by atoms with Crippen molar-refractivity contribution in [1.29, 1.82) is 0 Å². The number of hydrogen-bond donors (Lipinski definition) is 1. The van der Waals surface area contributed by atoms with E-state index in [9.17, 15) is 4.79 Å². The second kappa shape index (κ2) is 7.29. The summed E-state index contributed by atoms with van der Waals surface area (Å²) >= 11 is 1.46. The zero-order valence-electron chi connectivity index (χ0n) is 12.9. The van der Waals surface area contributed by atoms with E-state index in [4.69, 9.17) is 0 Å². The molecule has 1 unspecified atom stereocenters. The largest absolute Gasteiger partial charge is 0.349 e. The van der Waals surface area contributed by atoms with Gasteiger partial charge in [0.15, 0.2) is 0 Å². The van der Waals surface area contributed by atoms with Gasteiger partial charge in [-0.1, -0.05) is 66.4 Å². The Hall–Kier alpha value is -2.33. The lowest BCUT2D eigenvalue weighted by Gasteiger charge is -2.14. The second-order valence-electron chi connectivity index (χ2n) is 5.33. The van der Waals surface area contributed by atoms with E-state index in [2.05, 4.69) is 10.3 Å². The van der Waals surface area contributed by atoms with Crippen LogP contribution in [0.2, 0.25) is 0 Å². The van der Waals surface area contributed by atoms with Crippen LogP contribution in [-0.4, -0.2) is 16.6 Å². The van der Waals surface area contributed by atoms with Crippen molar-refractivity contribution in [3.05, 3.63) is 72.3 Å². The van der Waals surface area contributed by atoms with E-state index < -0.39 is 0 Å². The van der Waals surface area contributed by atoms with Crippen molar-refractivity contribution in [1.82, 2.24) is 10.3 Å². The molecule has 0 saturated heterocycles. The number of pyridine rings is 1. The zero-order valence-corrected chi connectivity index (χ0v) is 13.7. The average Bonchev–Trinajstić information content (AvgIpc) is 2.60. The first-order valence-electron chi connectivity index (χ1n) is 7.55. The quantitative estimate of drug-likeness (QED) is 0.716. The van der Waals surface area contributed by atoms with Crippen LogP contribution in [0.1, 0.15) is 18.5 Å². The number of hydrogen-bond acceptors (Lipinski definition) is 3. The molecule has 2 aromatic carbocycles. The number of aromatic nitrogens is 1. The van der Waals surface area contributed by atoms with Gasteiger partial charge < -0.3 is 5.32 Å². The van der Waals surface area contributed by atoms with Crippen LogP contribution >= 0.6 is 11.8 Å². The first-order valence-corrected chi connectivity index (χ1v) is 8.54. The normalized spacial score (nSPS) is 12.0. The van der Waals surface area contributed by atoms with Crippen molar-refractivity contribution in [2.75, 3.05) is 5.75 Å². The number of nitrogens with zero attached hydrogens (tertiary/aromatic N) is 1. The Kier molecular flexibility index (Phi) is 4.93. The molecule has 4 heteroatoms. The maximum absolute atomic E-state index is 12.1. The molecule has 3 nitrogen and oxygen atoms in total. The van der Waals surface area contributed by atoms with E-state index in [0.717, 1.165) is 21.5 Å². The van der Waals surface area contributed by atoms with Crippen LogP contribution in [0.3, 0.4) is 0 Å². The van der Waals surface area contributed by atoms with Crippen LogP contribution < -0.4 is 5.32 Å². The third-order valence-corrected chi connectivity index (χ3v) is 4.53. The summed E-state index contributed by atoms with van der Waals surface area (Å²) in [5, 5.41) is 4.99. The second-order valence-corrected chi connectivity index (χ2v) is 6.33. The highest BCUT2D eigenvalue weighted by Crippen LogP contribution is 2.20. The summed E-state index contributed by atoms with van der Waals surface area (Å²) in [4.78, 5) is 16.7. The van der Waals surface area contributed by atoms with Crippen molar-refractivity contribution >= 4 is 28.6 Å². The van der Waals surface area contributed by atoms with Gasteiger partial charge in [0.1, 0.15) is 0 Å². The molecule has 23 heavy (non-hydrogen) atoms. The molecular weight excluding hydrogens is 304 g/mol. The number of nitrogens with one attached hydrogen (secondary N) is 1. The van der Waals surface area contributed by atoms with Crippen LogP contribution in [0.15, 0.2) is 71.8 Å². The Morgan fingerprint density at radius 1 is 1.04 bits per heavy atom. The molecule has 0 aliphatic heterocycles. The third-order valence-electron chi connectivity index (χ3n) is 3.60. The molecule has 0 aliphatic rings. The first-order chi connectivity index (χ1) is 11.2. The molecule has 1 aromatic heterocycles. The zero-order chi connectivity index (χ0) is 16.1. The Bertz CT molecular complexity index is 805. The van der Waals surface area contributed by atoms with Crippen molar-refractivity contribution in [3.8, 4) is 0 Å². The van der Waals surface area contributed by atoms with Gasteiger partial charge in [0.05, 0.1) is 22.3 Å². The van der Waals surface area contributed by atoms with Crippen molar-refractivity contribution in [2.24, 2.45) is 0 Å². The van der Waals surface area contributed by atoms with Gasteiger partial charge in [-0.05, 0) is 24.6 Å². The number of rotatable bonds is 5. The fourth-order valence-corrected chi connectivity index (χ4v) is 3.06. The number of thioether (sulfide) groups is 1. The van der Waals surface area contributed by atoms with E-state index >= 15 is 0 Å². The van der Waals surface area contributed by atoms with Crippen molar-refractivity contribution < 1.29 is 4.79 Å². The first kappa shape index (κ1) is 15.6. The summed E-state index contributed by atoms with van der Waals surface area (Å²) in [6.07, 6.45) is 0. The molecule has 3 rings (SSSR count). The van der Waals surface area contributed by atoms with Crippen LogP contribution in [0.5, 0.6) is 0 Å². The standard InChI is InChI=1S/C19H18N2OS/c1-14(15-7-3-2-4-8-15)20-18(22)13-23-19-12-11-16-9-5-6-10-17(16)21-19/h2-12,14H,13H2,1H3,(H,20,22). The monoisotopic (exact) mass is 322 g/mol. The number of carbonyl (C=O) groups is 1. The lowest BCUT2D eigenvalue weighted by Crippen LogP contribution is -2.28. The molecule has 0 fully saturated rings. The predicted octanol–water partition coefficient (Wildman–Crippen LogP) is 4.20. The SMILES string of the molecule is CC(NC(=O)CSc1ccc2ccccc2n1)c1ccccc1. The van der Waals surface area contributed by atoms with E-state index in [-0.39, 0.29) is 11.9 Å². The minimum absolute atomic E-state index is 0.00821. The van der Waals surface area contributed by atoms with Gasteiger partial charge in [-0.3, -0.25) is 4.79 Å². The molecule has 0 radical (unpaired) electrons. The minimum Gasteiger partial charge on any atom is -0.349 e. The minimum atomic E-state index is 0.00821. The number of carbonyl (C=O) groups excluding carboxylic acids is 1. The Balaban J connectivity index is 1.57. The number of fused-ring (bicyclic) bond motifs is 1.